The van der Waals surface area contributed by atoms with Gasteiger partial charge in [-0.1, -0.05) is 23.3 Å². The molecular weight excluding hydrogens is 136 g/mol. The number of allylic oxidation sites excluding steroid dienone is 3. The van der Waals surface area contributed by atoms with E-state index in [4.69, 9.17) is 6.48 Å². The summed E-state index contributed by atoms with van der Waals surface area (Å²) in [6, 6.07) is 0. The van der Waals surface area contributed by atoms with Gasteiger partial charge < -0.3 is 5.11 Å². The lowest BCUT2D eigenvalue weighted by atomic mass is 10.1. The van der Waals surface area contributed by atoms with Crippen LogP contribution in [0.2, 0.25) is 0 Å². The maximum absolute atomic E-state index is 8.71. The summed E-state index contributed by atoms with van der Waals surface area (Å²) in [6.45, 7) is 5.02. The van der Waals surface area contributed by atoms with Crippen molar-refractivity contribution in [3.05, 3.63) is 23.3 Å². The Morgan fingerprint density at radius 3 is 2.45 bits per heavy atom. The van der Waals surface area contributed by atoms with Crippen LogP contribution in [-0.4, -0.2) is 11.7 Å². The van der Waals surface area contributed by atoms with Gasteiger partial charge >= 0.3 is 0 Å². The van der Waals surface area contributed by atoms with E-state index in [1.807, 2.05) is 6.92 Å². The summed E-state index contributed by atoms with van der Waals surface area (Å²) in [5.74, 6) is 0. The van der Waals surface area contributed by atoms with E-state index in [2.05, 4.69) is 19.9 Å². The molecule has 0 saturated heterocycles. The first kappa shape index (κ1) is 8.54. The summed E-state index contributed by atoms with van der Waals surface area (Å²) in [5.41, 5.74) is 2.39. The van der Waals surface area contributed by atoms with E-state index in [-0.39, 0.29) is 0 Å². The minimum atomic E-state index is -1.06. The van der Waals surface area contributed by atoms with Gasteiger partial charge in [-0.3, -0.25) is 0 Å². The number of aliphatic hydroxyl groups is 1. The number of aliphatic hydroxyl groups excluding tert-OH is 1. The molecule has 1 heteroatoms. The Labute approximate surface area is 70.8 Å². The highest BCUT2D eigenvalue weighted by molar-refractivity contribution is 5.01. The number of hydrogen-bond donors (Lipinski definition) is 1. The molecule has 0 aliphatic rings. The highest BCUT2D eigenvalue weighted by atomic mass is 16.2. The Morgan fingerprint density at radius 2 is 2.00 bits per heavy atom. The van der Waals surface area contributed by atoms with E-state index in [1.165, 1.54) is 5.57 Å². The third kappa shape index (κ3) is 7.34. The molecule has 0 spiro atoms. The van der Waals surface area contributed by atoms with Crippen molar-refractivity contribution in [1.29, 1.82) is 0 Å². The molecule has 0 heterocycles. The van der Waals surface area contributed by atoms with Crippen LogP contribution in [0.5, 0.6) is 0 Å². The quantitative estimate of drug-likeness (QED) is 0.619. The predicted molar refractivity (Wildman–Crippen MR) is 49.5 cm³/mol. The van der Waals surface area contributed by atoms with E-state index < -0.39 is 6.58 Å². The second-order valence-corrected chi connectivity index (χ2v) is 2.98. The van der Waals surface area contributed by atoms with Crippen molar-refractivity contribution in [3.8, 4) is 0 Å². The minimum absolute atomic E-state index is 0.932. The van der Waals surface area contributed by atoms with Crippen molar-refractivity contribution >= 4 is 0 Å². The number of hydrogen-bond acceptors (Lipinski definition) is 1. The lowest BCUT2D eigenvalue weighted by Crippen LogP contribution is -1.80. The zero-order valence-electron chi connectivity index (χ0n) is 8.59. The molecule has 0 aliphatic heterocycles. The van der Waals surface area contributed by atoms with E-state index in [0.29, 0.717) is 0 Å². The van der Waals surface area contributed by atoms with Gasteiger partial charge in [-0.15, -0.1) is 0 Å². The first-order valence-corrected chi connectivity index (χ1v) is 3.93. The fourth-order valence-electron chi connectivity index (χ4n) is 0.799. The summed E-state index contributed by atoms with van der Waals surface area (Å²) in [4.78, 5) is 0. The van der Waals surface area contributed by atoms with Crippen LogP contribution < -0.4 is 0 Å². The van der Waals surface area contributed by atoms with Crippen molar-refractivity contribution in [2.24, 2.45) is 0 Å². The molecule has 0 saturated carbocycles. The fraction of sp³-hybridized carbons (Fsp3) is 0.600. The molecular formula is C10H18O. The molecule has 0 fully saturated rings. The SMILES string of the molecule is [2H][C@@H](O)/C=C(\C)CCC=C(C)C. The standard InChI is InChI=1S/C10H18O/c1-9(2)5-4-6-10(3)7-8-11/h5,7,11H,4,6,8H2,1-3H3/b10-7+/i8D/t8-/m1/s1. The summed E-state index contributed by atoms with van der Waals surface area (Å²) in [5, 5.41) is 8.71. The van der Waals surface area contributed by atoms with E-state index in [9.17, 15) is 0 Å². The number of rotatable bonds is 4. The molecule has 0 aromatic heterocycles. The Morgan fingerprint density at radius 1 is 1.36 bits per heavy atom. The lowest BCUT2D eigenvalue weighted by Gasteiger charge is -1.96. The first-order chi connectivity index (χ1) is 5.52. The Balaban J connectivity index is 3.71. The normalized spacial score (nSPS) is 15.6. The topological polar surface area (TPSA) is 20.2 Å². The van der Waals surface area contributed by atoms with Gasteiger partial charge in [-0.25, -0.2) is 0 Å². The summed E-state index contributed by atoms with van der Waals surface area (Å²) < 4.78 is 6.89. The van der Waals surface area contributed by atoms with E-state index in [0.717, 1.165) is 18.4 Å². The van der Waals surface area contributed by atoms with Crippen molar-refractivity contribution in [2.75, 3.05) is 6.58 Å². The average molecular weight is 155 g/mol. The van der Waals surface area contributed by atoms with Crippen LogP contribution in [0.25, 0.3) is 0 Å². The summed E-state index contributed by atoms with van der Waals surface area (Å²) >= 11 is 0. The van der Waals surface area contributed by atoms with Crippen LogP contribution in [-0.2, 0) is 0 Å². The highest BCUT2D eigenvalue weighted by Crippen LogP contribution is 2.05. The van der Waals surface area contributed by atoms with Crippen LogP contribution >= 0.6 is 0 Å². The van der Waals surface area contributed by atoms with E-state index in [1.54, 1.807) is 6.08 Å². The lowest BCUT2D eigenvalue weighted by molar-refractivity contribution is 0.341. The van der Waals surface area contributed by atoms with Gasteiger partial charge in [0.2, 0.25) is 0 Å². The van der Waals surface area contributed by atoms with Crippen molar-refractivity contribution in [3.63, 3.8) is 0 Å². The summed E-state index contributed by atoms with van der Waals surface area (Å²) in [6.07, 6.45) is 5.66. The van der Waals surface area contributed by atoms with Crippen molar-refractivity contribution in [1.82, 2.24) is 0 Å². The molecule has 0 amide bonds. The molecule has 0 rings (SSSR count). The molecule has 1 nitrogen and oxygen atoms in total. The Hall–Kier alpha value is -0.560. The van der Waals surface area contributed by atoms with Gasteiger partial charge in [-0.2, -0.15) is 0 Å². The first-order valence-electron chi connectivity index (χ1n) is 4.51. The van der Waals surface area contributed by atoms with Gasteiger partial charge in [0, 0.05) is 0 Å². The summed E-state index contributed by atoms with van der Waals surface area (Å²) in [7, 11) is 0. The maximum atomic E-state index is 8.71. The molecule has 1 atom stereocenters. The van der Waals surface area contributed by atoms with Crippen LogP contribution in [0.3, 0.4) is 0 Å². The molecule has 0 unspecified atom stereocenters. The minimum Gasteiger partial charge on any atom is -0.392 e. The molecule has 0 radical (unpaired) electrons. The highest BCUT2D eigenvalue weighted by Gasteiger charge is 1.86. The molecule has 64 valence electrons. The molecule has 1 N–H and O–H groups in total. The van der Waals surface area contributed by atoms with Crippen LogP contribution in [0.1, 0.15) is 35.0 Å². The van der Waals surface area contributed by atoms with Gasteiger partial charge in [0.25, 0.3) is 0 Å². The van der Waals surface area contributed by atoms with E-state index >= 15 is 0 Å². The van der Waals surface area contributed by atoms with Crippen LogP contribution in [0.15, 0.2) is 23.3 Å². The second kappa shape index (κ2) is 6.17. The Kier molecular flexibility index (Phi) is 4.79. The fourth-order valence-corrected chi connectivity index (χ4v) is 0.799. The third-order valence-corrected chi connectivity index (χ3v) is 1.45. The van der Waals surface area contributed by atoms with Crippen molar-refractivity contribution in [2.45, 2.75) is 33.6 Å². The van der Waals surface area contributed by atoms with Crippen LogP contribution in [0.4, 0.5) is 0 Å². The zero-order chi connectivity index (χ0) is 9.56. The average Bonchev–Trinajstić information content (AvgIpc) is 1.84. The molecule has 0 aromatic carbocycles. The predicted octanol–water partition coefficient (Wildman–Crippen LogP) is 2.67. The zero-order valence-corrected chi connectivity index (χ0v) is 7.59. The largest absolute Gasteiger partial charge is 0.392 e. The van der Waals surface area contributed by atoms with Gasteiger partial charge in [-0.05, 0) is 33.6 Å². The van der Waals surface area contributed by atoms with Crippen LogP contribution in [0, 0.1) is 0 Å². The van der Waals surface area contributed by atoms with Gasteiger partial charge in [0.05, 0.1) is 7.95 Å². The smallest absolute Gasteiger partial charge is 0.0614 e. The van der Waals surface area contributed by atoms with Crippen molar-refractivity contribution < 1.29 is 6.48 Å². The molecule has 0 aliphatic carbocycles. The molecule has 11 heavy (non-hydrogen) atoms. The monoisotopic (exact) mass is 155 g/mol. The van der Waals surface area contributed by atoms with Gasteiger partial charge in [0.1, 0.15) is 0 Å². The second-order valence-electron chi connectivity index (χ2n) is 2.98. The maximum Gasteiger partial charge on any atom is 0.0614 e. The third-order valence-electron chi connectivity index (χ3n) is 1.45. The molecule has 0 aromatic rings. The Bertz CT molecular complexity index is 176. The molecule has 0 bridgehead atoms. The van der Waals surface area contributed by atoms with Gasteiger partial charge in [0.15, 0.2) is 0 Å².